The fourth-order valence-corrected chi connectivity index (χ4v) is 5.41. The number of aliphatic hydroxyl groups is 1. The molecule has 4 heterocycles. The van der Waals surface area contributed by atoms with Gasteiger partial charge in [0.2, 0.25) is 0 Å². The minimum absolute atomic E-state index is 0.0511. The van der Waals surface area contributed by atoms with Crippen LogP contribution < -0.4 is 0 Å². The van der Waals surface area contributed by atoms with Gasteiger partial charge in [0.15, 0.2) is 5.82 Å². The normalized spacial score (nSPS) is 24.3. The van der Waals surface area contributed by atoms with E-state index < -0.39 is 0 Å². The molecule has 3 aromatic heterocycles. The van der Waals surface area contributed by atoms with Crippen LogP contribution in [-0.4, -0.2) is 54.5 Å². The van der Waals surface area contributed by atoms with Gasteiger partial charge in [0.25, 0.3) is 0 Å². The first kappa shape index (κ1) is 21.2. The Hall–Kier alpha value is -3.36. The summed E-state index contributed by atoms with van der Waals surface area (Å²) in [4.78, 5) is 9.27. The summed E-state index contributed by atoms with van der Waals surface area (Å²) in [6.07, 6.45) is 14.5. The summed E-state index contributed by atoms with van der Waals surface area (Å²) in [5.41, 5.74) is 5.03. The molecule has 2 fully saturated rings. The lowest BCUT2D eigenvalue weighted by atomic mass is 9.67. The minimum atomic E-state index is -0.0511. The molecule has 1 saturated carbocycles. The number of fused-ring (bicyclic) bond motifs is 1. The van der Waals surface area contributed by atoms with E-state index in [-0.39, 0.29) is 12.0 Å². The average molecular weight is 457 g/mol. The highest BCUT2D eigenvalue weighted by atomic mass is 16.5. The van der Waals surface area contributed by atoms with Crippen molar-refractivity contribution < 1.29 is 9.84 Å². The molecular weight excluding hydrogens is 428 g/mol. The molecule has 8 heteroatoms. The quantitative estimate of drug-likeness (QED) is 0.492. The van der Waals surface area contributed by atoms with E-state index >= 15 is 0 Å². The van der Waals surface area contributed by atoms with E-state index in [4.69, 9.17) is 4.74 Å². The highest BCUT2D eigenvalue weighted by Gasteiger charge is 2.47. The monoisotopic (exact) mass is 456 g/mol. The lowest BCUT2D eigenvalue weighted by Gasteiger charge is -2.39. The molecule has 1 saturated heterocycles. The molecule has 0 bridgehead atoms. The van der Waals surface area contributed by atoms with Gasteiger partial charge in [0, 0.05) is 59.5 Å². The lowest BCUT2D eigenvalue weighted by Crippen LogP contribution is -2.39. The maximum absolute atomic E-state index is 9.92. The zero-order valence-corrected chi connectivity index (χ0v) is 19.2. The van der Waals surface area contributed by atoms with Crippen molar-refractivity contribution in [2.75, 3.05) is 19.8 Å². The molecule has 34 heavy (non-hydrogen) atoms. The summed E-state index contributed by atoms with van der Waals surface area (Å²) < 4.78 is 9.58. The summed E-state index contributed by atoms with van der Waals surface area (Å²) in [5.74, 6) is 1.09. The van der Waals surface area contributed by atoms with Crippen LogP contribution in [0.4, 0.5) is 0 Å². The number of aryl methyl sites for hydroxylation is 1. The molecule has 3 atom stereocenters. The molecule has 174 valence electrons. The van der Waals surface area contributed by atoms with Crippen LogP contribution in [0.25, 0.3) is 33.6 Å². The SMILES string of the molecule is Cn1cc(-c2cccc(-c3ncc(-c4cnn([C@@H]5CC[C@]6(CO)COC[C@H]6C5)c4)cn3)c2)cn1. The minimum Gasteiger partial charge on any atom is -0.396 e. The topological polar surface area (TPSA) is 90.9 Å². The summed E-state index contributed by atoms with van der Waals surface area (Å²) in [5, 5.41) is 18.8. The van der Waals surface area contributed by atoms with Gasteiger partial charge in [-0.3, -0.25) is 9.36 Å². The van der Waals surface area contributed by atoms with E-state index in [1.165, 1.54) is 0 Å². The number of benzene rings is 1. The van der Waals surface area contributed by atoms with Gasteiger partial charge in [-0.1, -0.05) is 18.2 Å². The molecule has 1 aromatic carbocycles. The summed E-state index contributed by atoms with van der Waals surface area (Å²) >= 11 is 0. The van der Waals surface area contributed by atoms with E-state index in [1.807, 2.05) is 50.2 Å². The largest absolute Gasteiger partial charge is 0.396 e. The van der Waals surface area contributed by atoms with Crippen LogP contribution in [0, 0.1) is 11.3 Å². The zero-order valence-electron chi connectivity index (χ0n) is 19.2. The third-order valence-corrected chi connectivity index (χ3v) is 7.54. The number of hydrogen-bond acceptors (Lipinski definition) is 6. The Morgan fingerprint density at radius 3 is 2.59 bits per heavy atom. The number of aromatic nitrogens is 6. The number of aliphatic hydroxyl groups excluding tert-OH is 1. The molecule has 0 unspecified atom stereocenters. The van der Waals surface area contributed by atoms with Crippen molar-refractivity contribution in [1.82, 2.24) is 29.5 Å². The van der Waals surface area contributed by atoms with Crippen molar-refractivity contribution in [2.45, 2.75) is 25.3 Å². The van der Waals surface area contributed by atoms with Crippen LogP contribution in [0.3, 0.4) is 0 Å². The average Bonchev–Trinajstić information content (AvgIpc) is 3.63. The van der Waals surface area contributed by atoms with Crippen molar-refractivity contribution >= 4 is 0 Å². The third kappa shape index (κ3) is 3.73. The fourth-order valence-electron chi connectivity index (χ4n) is 5.41. The van der Waals surface area contributed by atoms with Crippen LogP contribution >= 0.6 is 0 Å². The van der Waals surface area contributed by atoms with Crippen molar-refractivity contribution in [1.29, 1.82) is 0 Å². The van der Waals surface area contributed by atoms with Gasteiger partial charge in [-0.15, -0.1) is 0 Å². The van der Waals surface area contributed by atoms with Crippen molar-refractivity contribution in [3.8, 4) is 33.6 Å². The predicted octanol–water partition coefficient (Wildman–Crippen LogP) is 3.76. The number of hydrogen-bond donors (Lipinski definition) is 1. The molecule has 6 rings (SSSR count). The van der Waals surface area contributed by atoms with Crippen molar-refractivity contribution in [2.24, 2.45) is 18.4 Å². The number of rotatable bonds is 5. The summed E-state index contributed by atoms with van der Waals surface area (Å²) in [6, 6.07) is 8.53. The fraction of sp³-hybridized carbons (Fsp3) is 0.385. The molecule has 4 aromatic rings. The van der Waals surface area contributed by atoms with Gasteiger partial charge >= 0.3 is 0 Å². The van der Waals surface area contributed by atoms with Crippen LogP contribution in [0.15, 0.2) is 61.4 Å². The van der Waals surface area contributed by atoms with Gasteiger partial charge in [-0.25, -0.2) is 9.97 Å². The van der Waals surface area contributed by atoms with Gasteiger partial charge in [-0.2, -0.15) is 10.2 Å². The van der Waals surface area contributed by atoms with E-state index in [0.29, 0.717) is 24.4 Å². The van der Waals surface area contributed by atoms with Crippen LogP contribution in [0.5, 0.6) is 0 Å². The third-order valence-electron chi connectivity index (χ3n) is 7.54. The standard InChI is InChI=1S/C26H28N6O2/c1-31-13-21(11-29-31)18-3-2-4-19(7-18)25-27-9-20(10-28-25)22-12-30-32(14-22)24-5-6-26(16-33)17-34-15-23(26)8-24/h2-4,7,9-14,23-24,33H,5-6,8,15-17H2,1H3/t23-,24-,26+/m1/s1. The summed E-state index contributed by atoms with van der Waals surface area (Å²) in [6.45, 7) is 1.63. The zero-order chi connectivity index (χ0) is 23.1. The molecule has 1 N–H and O–H groups in total. The van der Waals surface area contributed by atoms with E-state index in [1.54, 1.807) is 4.68 Å². The molecular formula is C26H28N6O2. The highest BCUT2D eigenvalue weighted by molar-refractivity contribution is 5.70. The smallest absolute Gasteiger partial charge is 0.159 e. The van der Waals surface area contributed by atoms with Gasteiger partial charge in [-0.05, 0) is 36.8 Å². The Kier molecular flexibility index (Phi) is 5.27. The lowest BCUT2D eigenvalue weighted by molar-refractivity contribution is 0.0326. The number of nitrogens with zero attached hydrogens (tertiary/aromatic N) is 6. The summed E-state index contributed by atoms with van der Waals surface area (Å²) in [7, 11) is 1.91. The molecule has 8 nitrogen and oxygen atoms in total. The van der Waals surface area contributed by atoms with Gasteiger partial charge < -0.3 is 9.84 Å². The first-order chi connectivity index (χ1) is 16.6. The van der Waals surface area contributed by atoms with Crippen molar-refractivity contribution in [3.63, 3.8) is 0 Å². The van der Waals surface area contributed by atoms with E-state index in [2.05, 4.69) is 43.2 Å². The maximum atomic E-state index is 9.92. The first-order valence-electron chi connectivity index (χ1n) is 11.8. The Labute approximate surface area is 198 Å². The Morgan fingerprint density at radius 2 is 1.79 bits per heavy atom. The van der Waals surface area contributed by atoms with Crippen LogP contribution in [-0.2, 0) is 11.8 Å². The second-order valence-corrected chi connectivity index (χ2v) is 9.65. The molecule has 1 aliphatic heterocycles. The molecule has 1 aliphatic carbocycles. The Morgan fingerprint density at radius 1 is 1.00 bits per heavy atom. The van der Waals surface area contributed by atoms with Crippen LogP contribution in [0.2, 0.25) is 0 Å². The number of ether oxygens (including phenoxy) is 1. The first-order valence-corrected chi connectivity index (χ1v) is 11.8. The highest BCUT2D eigenvalue weighted by Crippen LogP contribution is 2.48. The van der Waals surface area contributed by atoms with E-state index in [9.17, 15) is 5.11 Å². The van der Waals surface area contributed by atoms with Crippen LogP contribution in [0.1, 0.15) is 25.3 Å². The van der Waals surface area contributed by atoms with E-state index in [0.717, 1.165) is 53.7 Å². The molecule has 0 radical (unpaired) electrons. The molecule has 0 spiro atoms. The van der Waals surface area contributed by atoms with Gasteiger partial charge in [0.05, 0.1) is 38.3 Å². The van der Waals surface area contributed by atoms with Crippen molar-refractivity contribution in [3.05, 3.63) is 61.4 Å². The second kappa shape index (κ2) is 8.45. The maximum Gasteiger partial charge on any atom is 0.159 e. The Balaban J connectivity index is 1.19. The van der Waals surface area contributed by atoms with Gasteiger partial charge in [0.1, 0.15) is 0 Å². The molecule has 2 aliphatic rings. The Bertz CT molecular complexity index is 1300. The predicted molar refractivity (Wildman–Crippen MR) is 128 cm³/mol. The second-order valence-electron chi connectivity index (χ2n) is 9.65. The molecule has 0 amide bonds.